The van der Waals surface area contributed by atoms with Crippen LogP contribution in [0.5, 0.6) is 0 Å². The van der Waals surface area contributed by atoms with Crippen molar-refractivity contribution in [3.63, 3.8) is 0 Å². The van der Waals surface area contributed by atoms with Crippen LogP contribution in [0, 0.1) is 52.8 Å². The molecule has 2 heterocycles. The van der Waals surface area contributed by atoms with Crippen LogP contribution in [0.2, 0.25) is 0 Å². The molecule has 684 valence electrons. The number of anilines is 1. The fraction of sp³-hybridized carbons (Fsp3) is 0.713. The van der Waals surface area contributed by atoms with E-state index < -0.39 is 132 Å². The van der Waals surface area contributed by atoms with Gasteiger partial charge in [0.05, 0.1) is 120 Å². The summed E-state index contributed by atoms with van der Waals surface area (Å²) in [5.74, 6) is -4.32. The molecule has 0 spiro atoms. The zero-order chi connectivity index (χ0) is 89.9. The Morgan fingerprint density at radius 2 is 1.29 bits per heavy atom. The monoisotopic (exact) mass is 1720 g/mol. The lowest BCUT2D eigenvalue weighted by atomic mass is 9.89. The van der Waals surface area contributed by atoms with Crippen LogP contribution in [0.3, 0.4) is 0 Å². The highest BCUT2D eigenvalue weighted by Crippen LogP contribution is 2.53. The molecule has 35 heteroatoms. The third kappa shape index (κ3) is 32.5. The Bertz CT molecular complexity index is 3790. The number of aryl methyl sites for hydroxylation is 1. The number of carbonyl (C=O) groups is 11. The SMILES string of the molecule is CC[C@H](C)[C@@H]([C@@H](CC(=O)N1CCC[C@H]1[C@H](OC)[C@@H](C)C(=O)N[C@H](C)[C@@H](O)c1ccccc1)OC)N(C)C(=O)[C@@H](NC(=O)[C@H](C(C)C)N(C)C(=O)OCc1ccc(NC(=O)[C@H](CCCNC(N)=O)NC(=O)[C@@H](NC(=O)CCOCCOCCOCCOCCNC(=O)OCC2[C@H]3CCc4c(nnn4CC(=O)NCC(C)(C)C)CC[C@@H]23)C(C)C)cc1)C(C)C. The zero-order valence-corrected chi connectivity index (χ0v) is 74.9. The minimum absolute atomic E-state index is 0.0192. The molecule has 15 atom stereocenters. The molecule has 2 fully saturated rings. The molecule has 3 aliphatic rings. The topological polar surface area (TPSA) is 445 Å². The number of carbonyl (C=O) groups excluding carboxylic acids is 11. The second-order valence-corrected chi connectivity index (χ2v) is 34.6. The van der Waals surface area contributed by atoms with Crippen LogP contribution in [0.1, 0.15) is 176 Å². The number of hydrogen-bond acceptors (Lipinski definition) is 22. The highest BCUT2D eigenvalue weighted by molar-refractivity contribution is 5.98. The molecule has 1 aliphatic heterocycles. The minimum atomic E-state index is -1.13. The normalized spacial score (nSPS) is 18.4. The first-order valence-electron chi connectivity index (χ1n) is 43.3. The number of aliphatic hydroxyl groups excluding tert-OH is 1. The number of benzene rings is 2. The van der Waals surface area contributed by atoms with Crippen LogP contribution in [-0.4, -0.2) is 269 Å². The Labute approximate surface area is 719 Å². The maximum absolute atomic E-state index is 14.9. The molecule has 1 saturated heterocycles. The third-order valence-corrected chi connectivity index (χ3v) is 23.0. The van der Waals surface area contributed by atoms with Gasteiger partial charge in [0.25, 0.3) is 0 Å². The number of rotatable bonds is 52. The van der Waals surface area contributed by atoms with E-state index in [0.717, 1.165) is 37.1 Å². The van der Waals surface area contributed by atoms with E-state index in [4.69, 9.17) is 43.6 Å². The van der Waals surface area contributed by atoms with Gasteiger partial charge in [0, 0.05) is 66.6 Å². The van der Waals surface area contributed by atoms with E-state index in [9.17, 15) is 57.8 Å². The van der Waals surface area contributed by atoms with Crippen molar-refractivity contribution >= 4 is 71.2 Å². The molecule has 3 aromatic rings. The van der Waals surface area contributed by atoms with Gasteiger partial charge in [0.15, 0.2) is 0 Å². The molecule has 1 unspecified atom stereocenters. The molecule has 1 aromatic heterocycles. The first kappa shape index (κ1) is 102. The number of aromatic nitrogens is 3. The second-order valence-electron chi connectivity index (χ2n) is 34.6. The van der Waals surface area contributed by atoms with Crippen molar-refractivity contribution in [3.05, 3.63) is 77.1 Å². The van der Waals surface area contributed by atoms with Gasteiger partial charge >= 0.3 is 18.2 Å². The summed E-state index contributed by atoms with van der Waals surface area (Å²) in [4.78, 5) is 154. The molecular weight excluding hydrogens is 1580 g/mol. The molecule has 122 heavy (non-hydrogen) atoms. The van der Waals surface area contributed by atoms with Gasteiger partial charge in [-0.15, -0.1) is 5.10 Å². The molecule has 0 radical (unpaired) electrons. The molecule has 1 saturated carbocycles. The van der Waals surface area contributed by atoms with Crippen LogP contribution in [-0.2, 0) is 102 Å². The number of likely N-dealkylation sites (tertiary alicyclic amines) is 1. The van der Waals surface area contributed by atoms with Crippen molar-refractivity contribution in [3.8, 4) is 0 Å². The summed E-state index contributed by atoms with van der Waals surface area (Å²) < 4.78 is 47.5. The Morgan fingerprint density at radius 1 is 0.656 bits per heavy atom. The quantitative estimate of drug-likeness (QED) is 0.0291. The number of primary amides is 1. The molecule has 12 amide bonds. The van der Waals surface area contributed by atoms with Crippen molar-refractivity contribution in [2.75, 3.05) is 119 Å². The molecule has 2 aliphatic carbocycles. The maximum Gasteiger partial charge on any atom is 0.410 e. The number of nitrogens with one attached hydrogen (secondary N) is 8. The average molecular weight is 1720 g/mol. The summed E-state index contributed by atoms with van der Waals surface area (Å²) in [6.45, 7) is 27.8. The van der Waals surface area contributed by atoms with E-state index in [0.29, 0.717) is 93.3 Å². The number of aliphatic hydroxyl groups is 1. The fourth-order valence-electron chi connectivity index (χ4n) is 15.8. The molecular formula is C87H141N15O20. The number of amides is 12. The van der Waals surface area contributed by atoms with E-state index in [2.05, 4.69) is 73.6 Å². The van der Waals surface area contributed by atoms with Gasteiger partial charge in [-0.1, -0.05) is 137 Å². The van der Waals surface area contributed by atoms with Crippen molar-refractivity contribution in [1.82, 2.24) is 66.9 Å². The van der Waals surface area contributed by atoms with Crippen molar-refractivity contribution in [2.45, 2.75) is 234 Å². The fourth-order valence-corrected chi connectivity index (χ4v) is 15.8. The number of nitrogens with two attached hydrogens (primary N) is 1. The summed E-state index contributed by atoms with van der Waals surface area (Å²) in [6, 6.07) is 8.65. The number of urea groups is 1. The first-order chi connectivity index (χ1) is 58.0. The predicted octanol–water partition coefficient (Wildman–Crippen LogP) is 5.97. The standard InChI is InChI=1S/C87H141N15O20/c1-18-56(8)76(69(115-16)48-72(105)101-39-23-27-68(101)78(116-17)57(9)79(107)92-58(10)77(106)60-24-20-19-21-25-60)99(14)83(111)74(54(4)5)96-82(110)75(55(6)7)100(15)86(114)122-50-59-28-30-61(31-29-59)93-80(108)66(26-22-37-89-84(88)112)94-81(109)73(53(2)3)95-70(103)36-40-117-42-44-119-46-47-120-45-43-118-41-38-90-85(113)121-51-64-62-32-34-65-67(35-33-63(62)64)102(98-97-65)49-71(104)91-52-87(11,12)13/h19-21,24-25,28-31,53-58,62-64,66,68-69,73-78,106H,18,22-23,26-27,32-52H2,1-17H3,(H,90,113)(H,91,104)(H,92,107)(H,93,108)(H,94,109)(H,95,103)(H,96,110)(H3,88,89,112)/t56-,57+,58+,62+,63-,64?,66-,68-,69+,73-,74-,75-,76-,77+,78+/m0/s1. The molecule has 35 nitrogen and oxygen atoms in total. The summed E-state index contributed by atoms with van der Waals surface area (Å²) in [5.41, 5.74) is 8.74. The Balaban J connectivity index is 0.880. The van der Waals surface area contributed by atoms with Gasteiger partial charge < -0.3 is 101 Å². The maximum atomic E-state index is 14.9. The highest BCUT2D eigenvalue weighted by Gasteiger charge is 2.51. The van der Waals surface area contributed by atoms with Crippen molar-refractivity contribution < 1.29 is 95.7 Å². The van der Waals surface area contributed by atoms with Crippen LogP contribution in [0.25, 0.3) is 0 Å². The third-order valence-electron chi connectivity index (χ3n) is 23.0. The van der Waals surface area contributed by atoms with Crippen molar-refractivity contribution in [1.29, 1.82) is 0 Å². The summed E-state index contributed by atoms with van der Waals surface area (Å²) in [7, 11) is 6.08. The number of nitrogens with zero attached hydrogens (tertiary/aromatic N) is 6. The lowest BCUT2D eigenvalue weighted by Crippen LogP contribution is -2.60. The molecule has 11 N–H and O–H groups in total. The Kier molecular flexibility index (Phi) is 42.7. The van der Waals surface area contributed by atoms with Crippen LogP contribution >= 0.6 is 0 Å². The number of alkyl carbamates (subject to hydrolysis) is 1. The number of hydrogen-bond donors (Lipinski definition) is 10. The number of likely N-dealkylation sites (N-methyl/N-ethyl adjacent to an activating group) is 2. The van der Waals surface area contributed by atoms with Gasteiger partial charge in [0.1, 0.15) is 37.3 Å². The van der Waals surface area contributed by atoms with Gasteiger partial charge in [0.2, 0.25) is 47.3 Å². The number of fused-ring (bicyclic) bond motifs is 2. The van der Waals surface area contributed by atoms with E-state index in [-0.39, 0.29) is 114 Å². The largest absolute Gasteiger partial charge is 0.449 e. The number of ether oxygens (including phenoxy) is 8. The van der Waals surface area contributed by atoms with Gasteiger partial charge in [-0.3, -0.25) is 43.3 Å². The Hall–Kier alpha value is -9.13. The summed E-state index contributed by atoms with van der Waals surface area (Å²) in [6.07, 6.45) is 1.70. The van der Waals surface area contributed by atoms with Crippen molar-refractivity contribution in [2.24, 2.45) is 58.5 Å². The lowest BCUT2D eigenvalue weighted by Gasteiger charge is -2.41. The Morgan fingerprint density at radius 3 is 1.89 bits per heavy atom. The summed E-state index contributed by atoms with van der Waals surface area (Å²) in [5, 5.41) is 42.1. The van der Waals surface area contributed by atoms with Crippen LogP contribution in [0.4, 0.5) is 20.1 Å². The molecule has 0 bridgehead atoms. The van der Waals surface area contributed by atoms with Crippen LogP contribution < -0.4 is 48.3 Å². The van der Waals surface area contributed by atoms with E-state index in [1.54, 1.807) is 113 Å². The number of methoxy groups -OCH3 is 2. The summed E-state index contributed by atoms with van der Waals surface area (Å²) >= 11 is 0. The van der Waals surface area contributed by atoms with Gasteiger partial charge in [-0.25, -0.2) is 19.1 Å². The average Bonchev–Trinajstić information content (AvgIpc) is 1.60. The molecule has 6 rings (SSSR count). The second kappa shape index (κ2) is 51.2. The minimum Gasteiger partial charge on any atom is -0.449 e. The smallest absolute Gasteiger partial charge is 0.410 e. The van der Waals surface area contributed by atoms with E-state index in [1.165, 1.54) is 26.2 Å². The zero-order valence-electron chi connectivity index (χ0n) is 74.9. The van der Waals surface area contributed by atoms with Gasteiger partial charge in [-0.2, -0.15) is 0 Å². The van der Waals surface area contributed by atoms with E-state index in [1.807, 2.05) is 32.0 Å². The van der Waals surface area contributed by atoms with E-state index >= 15 is 0 Å². The van der Waals surface area contributed by atoms with Gasteiger partial charge in [-0.05, 0) is 128 Å². The highest BCUT2D eigenvalue weighted by atomic mass is 16.6. The lowest BCUT2D eigenvalue weighted by molar-refractivity contribution is -0.148. The molecule has 2 aromatic carbocycles. The predicted molar refractivity (Wildman–Crippen MR) is 456 cm³/mol. The first-order valence-corrected chi connectivity index (χ1v) is 43.3. The van der Waals surface area contributed by atoms with Crippen LogP contribution in [0.15, 0.2) is 54.6 Å².